The van der Waals surface area contributed by atoms with Crippen molar-refractivity contribution >= 4 is 6.03 Å². The van der Waals surface area contributed by atoms with Crippen molar-refractivity contribution in [3.8, 4) is 0 Å². The number of carbonyl (C=O) groups excluding carboxylic acids is 1. The number of nitrogens with zero attached hydrogens (tertiary/aromatic N) is 1. The van der Waals surface area contributed by atoms with E-state index in [1.165, 1.54) is 17.5 Å². The quantitative estimate of drug-likeness (QED) is 0.875. The van der Waals surface area contributed by atoms with Gasteiger partial charge >= 0.3 is 6.03 Å². The largest absolute Gasteiger partial charge is 0.374 e. The summed E-state index contributed by atoms with van der Waals surface area (Å²) in [5.74, 6) is 0.351. The molecule has 0 spiro atoms. The van der Waals surface area contributed by atoms with E-state index in [9.17, 15) is 4.79 Å². The number of hydrogen-bond donors (Lipinski definition) is 2. The van der Waals surface area contributed by atoms with Crippen LogP contribution in [0.3, 0.4) is 0 Å². The number of fused-ring (bicyclic) bond motifs is 2. The van der Waals surface area contributed by atoms with E-state index in [4.69, 9.17) is 4.74 Å². The Kier molecular flexibility index (Phi) is 4.23. The number of ether oxygens (including phenoxy) is 1. The maximum Gasteiger partial charge on any atom is 0.317 e. The van der Waals surface area contributed by atoms with E-state index in [0.29, 0.717) is 25.6 Å². The third kappa shape index (κ3) is 2.95. The summed E-state index contributed by atoms with van der Waals surface area (Å²) in [7, 11) is 0. The highest BCUT2D eigenvalue weighted by molar-refractivity contribution is 5.75. The minimum atomic E-state index is 0.0771. The van der Waals surface area contributed by atoms with Crippen LogP contribution in [0.15, 0.2) is 24.3 Å². The molecule has 1 saturated heterocycles. The highest BCUT2D eigenvalue weighted by Gasteiger charge is 2.38. The lowest BCUT2D eigenvalue weighted by molar-refractivity contribution is -0.0382. The van der Waals surface area contributed by atoms with E-state index >= 15 is 0 Å². The smallest absolute Gasteiger partial charge is 0.317 e. The van der Waals surface area contributed by atoms with Gasteiger partial charge in [0.05, 0.1) is 18.8 Å². The normalized spacial score (nSPS) is 29.7. The van der Waals surface area contributed by atoms with Crippen molar-refractivity contribution < 1.29 is 9.53 Å². The third-order valence-corrected chi connectivity index (χ3v) is 5.44. The predicted molar refractivity (Wildman–Crippen MR) is 88.4 cm³/mol. The average molecular weight is 315 g/mol. The van der Waals surface area contributed by atoms with Crippen LogP contribution in [0, 0.1) is 0 Å². The molecule has 5 nitrogen and oxygen atoms in total. The van der Waals surface area contributed by atoms with E-state index in [-0.39, 0.29) is 18.2 Å². The lowest BCUT2D eigenvalue weighted by atomic mass is 9.91. The molecular weight excluding hydrogens is 290 g/mol. The zero-order valence-corrected chi connectivity index (χ0v) is 13.5. The minimum Gasteiger partial charge on any atom is -0.374 e. The van der Waals surface area contributed by atoms with Crippen molar-refractivity contribution in [2.45, 2.75) is 43.9 Å². The van der Waals surface area contributed by atoms with Crippen LogP contribution in [0.25, 0.3) is 0 Å². The van der Waals surface area contributed by atoms with Crippen LogP contribution < -0.4 is 10.6 Å². The molecular formula is C18H25N3O2. The first-order valence-electron chi connectivity index (χ1n) is 8.77. The Bertz CT molecular complexity index is 577. The molecule has 23 heavy (non-hydrogen) atoms. The van der Waals surface area contributed by atoms with Gasteiger partial charge in [0.25, 0.3) is 0 Å². The first kappa shape index (κ1) is 15.0. The summed E-state index contributed by atoms with van der Waals surface area (Å²) in [6.07, 6.45) is 3.59. The molecule has 1 unspecified atom stereocenters. The van der Waals surface area contributed by atoms with Gasteiger partial charge in [-0.15, -0.1) is 0 Å². The summed E-state index contributed by atoms with van der Waals surface area (Å²) < 4.78 is 5.79. The molecule has 3 atom stereocenters. The van der Waals surface area contributed by atoms with Gasteiger partial charge in [-0.25, -0.2) is 4.79 Å². The fourth-order valence-corrected chi connectivity index (χ4v) is 4.26. The van der Waals surface area contributed by atoms with Gasteiger partial charge in [-0.1, -0.05) is 24.3 Å². The maximum atomic E-state index is 12.6. The van der Waals surface area contributed by atoms with Gasteiger partial charge in [0, 0.05) is 32.1 Å². The van der Waals surface area contributed by atoms with Crippen molar-refractivity contribution in [1.82, 2.24) is 15.5 Å². The Hall–Kier alpha value is -1.59. The molecule has 2 fully saturated rings. The summed E-state index contributed by atoms with van der Waals surface area (Å²) in [6.45, 7) is 3.92. The summed E-state index contributed by atoms with van der Waals surface area (Å²) in [5, 5.41) is 6.61. The van der Waals surface area contributed by atoms with Crippen LogP contribution in [-0.2, 0) is 11.3 Å². The molecule has 3 aliphatic rings. The maximum absolute atomic E-state index is 12.6. The molecule has 2 amide bonds. The van der Waals surface area contributed by atoms with Crippen molar-refractivity contribution in [3.05, 3.63) is 35.4 Å². The topological polar surface area (TPSA) is 53.6 Å². The number of rotatable bonds is 2. The van der Waals surface area contributed by atoms with Gasteiger partial charge in [0.2, 0.25) is 0 Å². The monoisotopic (exact) mass is 315 g/mol. The van der Waals surface area contributed by atoms with Crippen LogP contribution in [0.4, 0.5) is 4.79 Å². The SMILES string of the molecule is O=C(NCC1CNCc2ccccc21)N1CCO[C@@H]2CCC[C@@H]21. The molecule has 2 heterocycles. The molecule has 0 aromatic heterocycles. The fraction of sp³-hybridized carbons (Fsp3) is 0.611. The van der Waals surface area contributed by atoms with Crippen LogP contribution in [-0.4, -0.2) is 49.3 Å². The van der Waals surface area contributed by atoms with E-state index in [1.807, 2.05) is 4.90 Å². The summed E-state index contributed by atoms with van der Waals surface area (Å²) in [4.78, 5) is 14.6. The Morgan fingerprint density at radius 3 is 3.22 bits per heavy atom. The van der Waals surface area contributed by atoms with Gasteiger partial charge in [-0.05, 0) is 30.4 Å². The zero-order valence-electron chi connectivity index (χ0n) is 13.5. The number of nitrogens with one attached hydrogen (secondary N) is 2. The van der Waals surface area contributed by atoms with Crippen molar-refractivity contribution in [2.24, 2.45) is 0 Å². The number of amides is 2. The predicted octanol–water partition coefficient (Wildman–Crippen LogP) is 1.84. The number of carbonyl (C=O) groups is 1. The van der Waals surface area contributed by atoms with Crippen LogP contribution in [0.1, 0.15) is 36.3 Å². The van der Waals surface area contributed by atoms with Crippen molar-refractivity contribution in [1.29, 1.82) is 0 Å². The molecule has 2 aliphatic heterocycles. The Balaban J connectivity index is 1.39. The molecule has 4 rings (SSSR count). The fourth-order valence-electron chi connectivity index (χ4n) is 4.26. The second kappa shape index (κ2) is 6.49. The molecule has 0 bridgehead atoms. The van der Waals surface area contributed by atoms with E-state index in [0.717, 1.165) is 25.9 Å². The molecule has 1 aliphatic carbocycles. The summed E-state index contributed by atoms with van der Waals surface area (Å²) in [5.41, 5.74) is 2.72. The van der Waals surface area contributed by atoms with Gasteiger partial charge in [0.15, 0.2) is 0 Å². The van der Waals surface area contributed by atoms with Crippen LogP contribution in [0.5, 0.6) is 0 Å². The minimum absolute atomic E-state index is 0.0771. The first-order valence-corrected chi connectivity index (χ1v) is 8.77. The van der Waals surface area contributed by atoms with Gasteiger partial charge < -0.3 is 20.3 Å². The molecule has 1 aromatic rings. The van der Waals surface area contributed by atoms with Gasteiger partial charge in [0.1, 0.15) is 0 Å². The summed E-state index contributed by atoms with van der Waals surface area (Å²) in [6, 6.07) is 8.88. The lowest BCUT2D eigenvalue weighted by Crippen LogP contribution is -2.55. The number of urea groups is 1. The highest BCUT2D eigenvalue weighted by atomic mass is 16.5. The summed E-state index contributed by atoms with van der Waals surface area (Å²) >= 11 is 0. The number of benzene rings is 1. The Morgan fingerprint density at radius 2 is 2.26 bits per heavy atom. The molecule has 5 heteroatoms. The molecule has 1 aromatic carbocycles. The number of morpholine rings is 1. The standard InChI is InChI=1S/C18H25N3O2/c22-18(21-8-9-23-17-7-3-6-16(17)21)20-12-14-11-19-10-13-4-1-2-5-15(13)14/h1-2,4-5,14,16-17,19H,3,6-12H2,(H,20,22)/t14?,16-,17+/m0/s1. The van der Waals surface area contributed by atoms with E-state index < -0.39 is 0 Å². The number of hydrogen-bond acceptors (Lipinski definition) is 3. The van der Waals surface area contributed by atoms with Crippen molar-refractivity contribution in [2.75, 3.05) is 26.2 Å². The van der Waals surface area contributed by atoms with Gasteiger partial charge in [-0.3, -0.25) is 0 Å². The second-order valence-electron chi connectivity index (χ2n) is 6.81. The highest BCUT2D eigenvalue weighted by Crippen LogP contribution is 2.30. The molecule has 0 radical (unpaired) electrons. The zero-order chi connectivity index (χ0) is 15.6. The first-order chi connectivity index (χ1) is 11.3. The van der Waals surface area contributed by atoms with Crippen molar-refractivity contribution in [3.63, 3.8) is 0 Å². The third-order valence-electron chi connectivity index (χ3n) is 5.44. The molecule has 1 saturated carbocycles. The van der Waals surface area contributed by atoms with E-state index in [2.05, 4.69) is 34.9 Å². The lowest BCUT2D eigenvalue weighted by Gasteiger charge is -2.38. The van der Waals surface area contributed by atoms with Gasteiger partial charge in [-0.2, -0.15) is 0 Å². The van der Waals surface area contributed by atoms with Crippen LogP contribution >= 0.6 is 0 Å². The van der Waals surface area contributed by atoms with Crippen LogP contribution in [0.2, 0.25) is 0 Å². The molecule has 2 N–H and O–H groups in total. The average Bonchev–Trinajstić information content (AvgIpc) is 3.08. The Labute approximate surface area is 137 Å². The van der Waals surface area contributed by atoms with E-state index in [1.54, 1.807) is 0 Å². The molecule has 124 valence electrons. The Morgan fingerprint density at radius 1 is 1.35 bits per heavy atom. The second-order valence-corrected chi connectivity index (χ2v) is 6.81.